The van der Waals surface area contributed by atoms with Crippen LogP contribution in [0, 0.1) is 24.0 Å². The molecule has 1 atom stereocenters. The Morgan fingerprint density at radius 2 is 1.80 bits per heavy atom. The molecule has 0 radical (unpaired) electrons. The molecule has 0 aliphatic heterocycles. The lowest BCUT2D eigenvalue weighted by atomic mass is 10.0. The molecular formula is C16H18N2O2. The Kier molecular flexibility index (Phi) is 4.03. The first kappa shape index (κ1) is 14.1. The van der Waals surface area contributed by atoms with Gasteiger partial charge in [-0.1, -0.05) is 30.3 Å². The molecule has 0 saturated carbocycles. The van der Waals surface area contributed by atoms with Crippen LogP contribution in [0.25, 0.3) is 0 Å². The molecule has 4 nitrogen and oxygen atoms in total. The first-order chi connectivity index (χ1) is 9.49. The zero-order chi connectivity index (χ0) is 14.7. The number of nitrogens with zero attached hydrogens (tertiary/aromatic N) is 1. The third-order valence-corrected chi connectivity index (χ3v) is 3.44. The third kappa shape index (κ3) is 2.96. The minimum Gasteiger partial charge on any atom is -0.378 e. The summed E-state index contributed by atoms with van der Waals surface area (Å²) in [5, 5.41) is 14.3. The molecule has 4 heteroatoms. The van der Waals surface area contributed by atoms with Crippen molar-refractivity contribution >= 4 is 11.4 Å². The van der Waals surface area contributed by atoms with Gasteiger partial charge in [0.15, 0.2) is 0 Å². The van der Waals surface area contributed by atoms with E-state index in [4.69, 9.17) is 0 Å². The molecule has 2 aromatic carbocycles. The van der Waals surface area contributed by atoms with E-state index in [-0.39, 0.29) is 16.7 Å². The molecule has 0 heterocycles. The number of aryl methyl sites for hydroxylation is 2. The maximum Gasteiger partial charge on any atom is 0.274 e. The van der Waals surface area contributed by atoms with E-state index in [2.05, 4.69) is 24.4 Å². The fraction of sp³-hybridized carbons (Fsp3) is 0.250. The average Bonchev–Trinajstić information content (AvgIpc) is 2.41. The number of rotatable bonds is 4. The second kappa shape index (κ2) is 5.74. The monoisotopic (exact) mass is 270 g/mol. The highest BCUT2D eigenvalue weighted by molar-refractivity contribution is 5.56. The van der Waals surface area contributed by atoms with E-state index >= 15 is 0 Å². The normalized spacial score (nSPS) is 11.9. The van der Waals surface area contributed by atoms with Crippen LogP contribution in [0.1, 0.15) is 29.7 Å². The summed E-state index contributed by atoms with van der Waals surface area (Å²) in [5.74, 6) is 0. The van der Waals surface area contributed by atoms with Gasteiger partial charge in [0.05, 0.1) is 4.92 Å². The first-order valence-electron chi connectivity index (χ1n) is 6.56. The predicted octanol–water partition coefficient (Wildman–Crippen LogP) is 4.38. The molecule has 0 aliphatic carbocycles. The molecule has 2 aromatic rings. The van der Waals surface area contributed by atoms with Crippen LogP contribution in [0.15, 0.2) is 42.5 Å². The van der Waals surface area contributed by atoms with Gasteiger partial charge in [-0.05, 0) is 38.0 Å². The summed E-state index contributed by atoms with van der Waals surface area (Å²) < 4.78 is 0. The summed E-state index contributed by atoms with van der Waals surface area (Å²) in [7, 11) is 0. The van der Waals surface area contributed by atoms with Crippen molar-refractivity contribution in [3.63, 3.8) is 0 Å². The average molecular weight is 270 g/mol. The molecule has 0 aromatic heterocycles. The van der Waals surface area contributed by atoms with Crippen LogP contribution in [0.3, 0.4) is 0 Å². The van der Waals surface area contributed by atoms with E-state index in [1.54, 1.807) is 19.1 Å². The van der Waals surface area contributed by atoms with Crippen LogP contribution in [0.4, 0.5) is 11.4 Å². The van der Waals surface area contributed by atoms with E-state index in [0.29, 0.717) is 5.56 Å². The number of hydrogen-bond acceptors (Lipinski definition) is 3. The van der Waals surface area contributed by atoms with E-state index in [1.807, 2.05) is 25.1 Å². The highest BCUT2D eigenvalue weighted by atomic mass is 16.6. The fourth-order valence-electron chi connectivity index (χ4n) is 2.30. The number of nitrogens with one attached hydrogen (secondary N) is 1. The van der Waals surface area contributed by atoms with Crippen LogP contribution < -0.4 is 5.32 Å². The van der Waals surface area contributed by atoms with Gasteiger partial charge >= 0.3 is 0 Å². The second-order valence-electron chi connectivity index (χ2n) is 4.98. The molecule has 0 spiro atoms. The van der Waals surface area contributed by atoms with Crippen LogP contribution in [-0.2, 0) is 0 Å². The number of hydrogen-bond donors (Lipinski definition) is 1. The van der Waals surface area contributed by atoms with Crippen molar-refractivity contribution in [3.8, 4) is 0 Å². The molecular weight excluding hydrogens is 252 g/mol. The van der Waals surface area contributed by atoms with Crippen molar-refractivity contribution in [3.05, 3.63) is 69.3 Å². The lowest BCUT2D eigenvalue weighted by Gasteiger charge is -2.18. The van der Waals surface area contributed by atoms with Crippen LogP contribution in [0.2, 0.25) is 0 Å². The zero-order valence-electron chi connectivity index (χ0n) is 11.9. The van der Waals surface area contributed by atoms with Gasteiger partial charge in [0.1, 0.15) is 0 Å². The van der Waals surface area contributed by atoms with Gasteiger partial charge < -0.3 is 5.32 Å². The Morgan fingerprint density at radius 1 is 1.10 bits per heavy atom. The maximum absolute atomic E-state index is 11.0. The number of nitro groups is 1. The Morgan fingerprint density at radius 3 is 2.45 bits per heavy atom. The molecule has 2 rings (SSSR count). The fourth-order valence-corrected chi connectivity index (χ4v) is 2.30. The maximum atomic E-state index is 11.0. The summed E-state index contributed by atoms with van der Waals surface area (Å²) in [4.78, 5) is 10.6. The number of anilines is 1. The Balaban J connectivity index is 2.24. The molecule has 0 saturated heterocycles. The van der Waals surface area contributed by atoms with Crippen molar-refractivity contribution in [1.82, 2.24) is 0 Å². The molecule has 104 valence electrons. The molecule has 1 unspecified atom stereocenters. The van der Waals surface area contributed by atoms with Crippen LogP contribution in [-0.4, -0.2) is 4.92 Å². The number of nitro benzene ring substituents is 1. The standard InChI is InChI=1S/C16H18N2O2/c1-11-6-4-5-7-15(11)13(3)17-14-9-8-12(2)16(10-14)18(19)20/h4-10,13,17H,1-3H3. The van der Waals surface area contributed by atoms with Crippen molar-refractivity contribution in [2.45, 2.75) is 26.8 Å². The Hall–Kier alpha value is -2.36. The van der Waals surface area contributed by atoms with Gasteiger partial charge in [0.2, 0.25) is 0 Å². The highest BCUT2D eigenvalue weighted by Gasteiger charge is 2.13. The quantitative estimate of drug-likeness (QED) is 0.662. The largest absolute Gasteiger partial charge is 0.378 e. The van der Waals surface area contributed by atoms with Crippen LogP contribution in [0.5, 0.6) is 0 Å². The molecule has 0 bridgehead atoms. The van der Waals surface area contributed by atoms with Crippen molar-refractivity contribution in [1.29, 1.82) is 0 Å². The molecule has 20 heavy (non-hydrogen) atoms. The SMILES string of the molecule is Cc1ccccc1C(C)Nc1ccc(C)c([N+](=O)[O-])c1. The van der Waals surface area contributed by atoms with Crippen molar-refractivity contribution in [2.75, 3.05) is 5.32 Å². The summed E-state index contributed by atoms with van der Waals surface area (Å²) in [6.07, 6.45) is 0. The van der Waals surface area contributed by atoms with Crippen molar-refractivity contribution < 1.29 is 4.92 Å². The van der Waals surface area contributed by atoms with E-state index in [9.17, 15) is 10.1 Å². The molecule has 0 aliphatic rings. The zero-order valence-corrected chi connectivity index (χ0v) is 11.9. The van der Waals surface area contributed by atoms with E-state index in [0.717, 1.165) is 5.69 Å². The number of benzene rings is 2. The van der Waals surface area contributed by atoms with Crippen LogP contribution >= 0.6 is 0 Å². The first-order valence-corrected chi connectivity index (χ1v) is 6.56. The Labute approximate surface area is 118 Å². The van der Waals surface area contributed by atoms with Gasteiger partial charge in [-0.3, -0.25) is 10.1 Å². The minimum absolute atomic E-state index is 0.0958. The topological polar surface area (TPSA) is 55.2 Å². The lowest BCUT2D eigenvalue weighted by molar-refractivity contribution is -0.385. The van der Waals surface area contributed by atoms with Gasteiger partial charge in [-0.25, -0.2) is 0 Å². The molecule has 0 fully saturated rings. The summed E-state index contributed by atoms with van der Waals surface area (Å²) in [6, 6.07) is 13.5. The molecule has 0 amide bonds. The summed E-state index contributed by atoms with van der Waals surface area (Å²) >= 11 is 0. The Bertz CT molecular complexity index is 638. The van der Waals surface area contributed by atoms with Gasteiger partial charge in [-0.2, -0.15) is 0 Å². The second-order valence-corrected chi connectivity index (χ2v) is 4.98. The van der Waals surface area contributed by atoms with E-state index < -0.39 is 0 Å². The molecule has 1 N–H and O–H groups in total. The van der Waals surface area contributed by atoms with Gasteiger partial charge in [0.25, 0.3) is 5.69 Å². The lowest BCUT2D eigenvalue weighted by Crippen LogP contribution is -2.08. The third-order valence-electron chi connectivity index (χ3n) is 3.44. The smallest absolute Gasteiger partial charge is 0.274 e. The summed E-state index contributed by atoms with van der Waals surface area (Å²) in [6.45, 7) is 5.85. The minimum atomic E-state index is -0.348. The van der Waals surface area contributed by atoms with E-state index in [1.165, 1.54) is 11.1 Å². The van der Waals surface area contributed by atoms with Gasteiger partial charge in [-0.15, -0.1) is 0 Å². The summed E-state index contributed by atoms with van der Waals surface area (Å²) in [5.41, 5.74) is 3.97. The highest BCUT2D eigenvalue weighted by Crippen LogP contribution is 2.26. The predicted molar refractivity (Wildman–Crippen MR) is 81.1 cm³/mol. The van der Waals surface area contributed by atoms with Gasteiger partial charge in [0, 0.05) is 23.4 Å². The van der Waals surface area contributed by atoms with Crippen molar-refractivity contribution in [2.24, 2.45) is 0 Å².